The first-order valence-corrected chi connectivity index (χ1v) is 8.76. The van der Waals surface area contributed by atoms with Crippen molar-refractivity contribution in [3.63, 3.8) is 0 Å². The highest BCUT2D eigenvalue weighted by Gasteiger charge is 2.13. The molecule has 0 fully saturated rings. The summed E-state index contributed by atoms with van der Waals surface area (Å²) in [7, 11) is 1.66. The molecule has 5 nitrogen and oxygen atoms in total. The van der Waals surface area contributed by atoms with E-state index < -0.39 is 0 Å². The smallest absolute Gasteiger partial charge is 0.218 e. The highest BCUT2D eigenvalue weighted by atomic mass is 16.5. The van der Waals surface area contributed by atoms with E-state index in [-0.39, 0.29) is 6.04 Å². The maximum absolute atomic E-state index is 5.50. The lowest BCUT2D eigenvalue weighted by Crippen LogP contribution is -2.19. The molecule has 132 valence electrons. The van der Waals surface area contributed by atoms with Crippen molar-refractivity contribution in [1.29, 1.82) is 0 Å². The van der Waals surface area contributed by atoms with Crippen LogP contribution in [0.4, 0.5) is 0 Å². The van der Waals surface area contributed by atoms with Crippen LogP contribution < -0.4 is 10.1 Å². The number of nitrogens with one attached hydrogen (secondary N) is 2. The van der Waals surface area contributed by atoms with Crippen LogP contribution in [-0.2, 0) is 6.54 Å². The third-order valence-corrected chi connectivity index (χ3v) is 4.62. The van der Waals surface area contributed by atoms with E-state index in [1.54, 1.807) is 7.11 Å². The molecule has 0 spiro atoms. The minimum absolute atomic E-state index is 0.0836. The Bertz CT molecular complexity index is 1040. The average molecular weight is 346 g/mol. The largest absolute Gasteiger partial charge is 0.481 e. The zero-order chi connectivity index (χ0) is 18.1. The Morgan fingerprint density at radius 3 is 2.73 bits per heavy atom. The summed E-state index contributed by atoms with van der Waals surface area (Å²) in [6.07, 6.45) is 0. The van der Waals surface area contributed by atoms with Gasteiger partial charge in [0.05, 0.1) is 29.7 Å². The Morgan fingerprint density at radius 1 is 1.08 bits per heavy atom. The molecule has 0 saturated carbocycles. The molecule has 0 aliphatic carbocycles. The van der Waals surface area contributed by atoms with Crippen molar-refractivity contribution in [1.82, 2.24) is 20.3 Å². The molecule has 0 saturated heterocycles. The molecule has 4 rings (SSSR count). The number of nitrogens with zero attached hydrogens (tertiary/aromatic N) is 2. The summed E-state index contributed by atoms with van der Waals surface area (Å²) in [5.74, 6) is 1.58. The van der Waals surface area contributed by atoms with E-state index in [0.29, 0.717) is 12.4 Å². The number of benzene rings is 2. The summed E-state index contributed by atoms with van der Waals surface area (Å²) in [5.41, 5.74) is 5.24. The van der Waals surface area contributed by atoms with Gasteiger partial charge in [0.15, 0.2) is 0 Å². The number of fused-ring (bicyclic) bond motifs is 2. The van der Waals surface area contributed by atoms with Crippen LogP contribution in [0.15, 0.2) is 48.5 Å². The standard InChI is InChI=1S/C21H22N4O/c1-13-8-9-17-15(10-13)11-16(21(25-17)26-3)12-22-14(2)20-23-18-6-4-5-7-19(18)24-20/h4-11,14,22H,12H2,1-3H3,(H,23,24). The summed E-state index contributed by atoms with van der Waals surface area (Å²) in [6, 6.07) is 16.5. The first-order chi connectivity index (χ1) is 12.6. The molecule has 0 aliphatic heterocycles. The number of aromatic nitrogens is 3. The Kier molecular flexibility index (Phi) is 4.31. The number of para-hydroxylation sites is 2. The quantitative estimate of drug-likeness (QED) is 0.566. The fourth-order valence-corrected chi connectivity index (χ4v) is 3.16. The normalized spacial score (nSPS) is 12.6. The van der Waals surface area contributed by atoms with Gasteiger partial charge < -0.3 is 15.0 Å². The monoisotopic (exact) mass is 346 g/mol. The van der Waals surface area contributed by atoms with Crippen molar-refractivity contribution in [2.24, 2.45) is 0 Å². The number of methoxy groups -OCH3 is 1. The molecule has 2 N–H and O–H groups in total. The highest BCUT2D eigenvalue weighted by Crippen LogP contribution is 2.24. The van der Waals surface area contributed by atoms with Gasteiger partial charge in [-0.15, -0.1) is 0 Å². The third-order valence-electron chi connectivity index (χ3n) is 4.62. The second-order valence-corrected chi connectivity index (χ2v) is 6.59. The SMILES string of the molecule is COc1nc2ccc(C)cc2cc1CNC(C)c1nc2ccccc2[nH]1. The van der Waals surface area contributed by atoms with Crippen LogP contribution in [0, 0.1) is 6.92 Å². The van der Waals surface area contributed by atoms with Gasteiger partial charge in [-0.2, -0.15) is 0 Å². The zero-order valence-electron chi connectivity index (χ0n) is 15.2. The van der Waals surface area contributed by atoms with Gasteiger partial charge in [0.25, 0.3) is 0 Å². The molecule has 0 aliphatic rings. The van der Waals surface area contributed by atoms with E-state index in [4.69, 9.17) is 4.74 Å². The lowest BCUT2D eigenvalue weighted by atomic mass is 10.1. The van der Waals surface area contributed by atoms with Crippen LogP contribution in [0.1, 0.15) is 29.9 Å². The van der Waals surface area contributed by atoms with Gasteiger partial charge in [-0.3, -0.25) is 0 Å². The first kappa shape index (κ1) is 16.5. The third kappa shape index (κ3) is 3.13. The van der Waals surface area contributed by atoms with Gasteiger partial charge in [0.1, 0.15) is 5.82 Å². The van der Waals surface area contributed by atoms with Crippen LogP contribution in [0.3, 0.4) is 0 Å². The summed E-state index contributed by atoms with van der Waals surface area (Å²) < 4.78 is 5.50. The summed E-state index contributed by atoms with van der Waals surface area (Å²) >= 11 is 0. The average Bonchev–Trinajstić information content (AvgIpc) is 3.09. The van der Waals surface area contributed by atoms with Crippen molar-refractivity contribution < 1.29 is 4.74 Å². The Hall–Kier alpha value is -2.92. The molecular formula is C21H22N4O. The van der Waals surface area contributed by atoms with Gasteiger partial charge in [0.2, 0.25) is 5.88 Å². The van der Waals surface area contributed by atoms with Crippen LogP contribution in [-0.4, -0.2) is 22.1 Å². The van der Waals surface area contributed by atoms with E-state index in [9.17, 15) is 0 Å². The van der Waals surface area contributed by atoms with Gasteiger partial charge in [-0.1, -0.05) is 23.8 Å². The van der Waals surface area contributed by atoms with Gasteiger partial charge >= 0.3 is 0 Å². The molecule has 2 aromatic heterocycles. The summed E-state index contributed by atoms with van der Waals surface area (Å²) in [5, 5.41) is 4.64. The maximum atomic E-state index is 5.50. The second-order valence-electron chi connectivity index (χ2n) is 6.59. The van der Waals surface area contributed by atoms with Crippen molar-refractivity contribution in [3.05, 3.63) is 65.5 Å². The topological polar surface area (TPSA) is 62.8 Å². The second kappa shape index (κ2) is 6.77. The van der Waals surface area contributed by atoms with E-state index in [1.807, 2.05) is 30.3 Å². The summed E-state index contributed by atoms with van der Waals surface area (Å²) in [6.45, 7) is 4.84. The molecule has 5 heteroatoms. The van der Waals surface area contributed by atoms with E-state index in [0.717, 1.165) is 33.3 Å². The fourth-order valence-electron chi connectivity index (χ4n) is 3.16. The molecular weight excluding hydrogens is 324 g/mol. The molecule has 2 heterocycles. The fraction of sp³-hybridized carbons (Fsp3) is 0.238. The van der Waals surface area contributed by atoms with Crippen molar-refractivity contribution >= 4 is 21.9 Å². The lowest BCUT2D eigenvalue weighted by molar-refractivity contribution is 0.390. The molecule has 4 aromatic rings. The number of H-pyrrole nitrogens is 1. The van der Waals surface area contributed by atoms with E-state index >= 15 is 0 Å². The van der Waals surface area contributed by atoms with E-state index in [1.165, 1.54) is 5.56 Å². The van der Waals surface area contributed by atoms with Crippen molar-refractivity contribution in [3.8, 4) is 5.88 Å². The summed E-state index contributed by atoms with van der Waals surface area (Å²) in [4.78, 5) is 12.7. The van der Waals surface area contributed by atoms with Crippen LogP contribution in [0.25, 0.3) is 21.9 Å². The van der Waals surface area contributed by atoms with Gasteiger partial charge in [0, 0.05) is 17.5 Å². The molecule has 2 aromatic carbocycles. The van der Waals surface area contributed by atoms with Crippen molar-refractivity contribution in [2.45, 2.75) is 26.4 Å². The minimum atomic E-state index is 0.0836. The predicted octanol–water partition coefficient (Wildman–Crippen LogP) is 4.28. The van der Waals surface area contributed by atoms with E-state index in [2.05, 4.69) is 52.3 Å². The predicted molar refractivity (Wildman–Crippen MR) is 104 cm³/mol. The van der Waals surface area contributed by atoms with Crippen LogP contribution in [0.5, 0.6) is 5.88 Å². The molecule has 0 amide bonds. The number of hydrogen-bond donors (Lipinski definition) is 2. The van der Waals surface area contributed by atoms with Crippen LogP contribution in [0.2, 0.25) is 0 Å². The Balaban J connectivity index is 1.58. The number of ether oxygens (including phenoxy) is 1. The number of aryl methyl sites for hydroxylation is 1. The van der Waals surface area contributed by atoms with Crippen LogP contribution >= 0.6 is 0 Å². The maximum Gasteiger partial charge on any atom is 0.218 e. The number of imidazole rings is 1. The Labute approximate surface area is 152 Å². The molecule has 0 radical (unpaired) electrons. The van der Waals surface area contributed by atoms with Gasteiger partial charge in [-0.05, 0) is 44.2 Å². The highest BCUT2D eigenvalue weighted by molar-refractivity contribution is 5.81. The molecule has 1 atom stereocenters. The number of hydrogen-bond acceptors (Lipinski definition) is 4. The van der Waals surface area contributed by atoms with Gasteiger partial charge in [-0.25, -0.2) is 9.97 Å². The number of pyridine rings is 1. The number of rotatable bonds is 5. The molecule has 1 unspecified atom stereocenters. The molecule has 0 bridgehead atoms. The molecule has 26 heavy (non-hydrogen) atoms. The lowest BCUT2D eigenvalue weighted by Gasteiger charge is -2.14. The Morgan fingerprint density at radius 2 is 1.92 bits per heavy atom. The number of aromatic amines is 1. The minimum Gasteiger partial charge on any atom is -0.481 e. The van der Waals surface area contributed by atoms with Crippen molar-refractivity contribution in [2.75, 3.05) is 7.11 Å². The first-order valence-electron chi connectivity index (χ1n) is 8.76. The zero-order valence-corrected chi connectivity index (χ0v) is 15.2.